The van der Waals surface area contributed by atoms with Crippen molar-refractivity contribution in [1.82, 2.24) is 5.06 Å². The highest BCUT2D eigenvalue weighted by Crippen LogP contribution is 2.36. The fourth-order valence-electron chi connectivity index (χ4n) is 3.18. The summed E-state index contributed by atoms with van der Waals surface area (Å²) in [5, 5.41) is 1.85. The van der Waals surface area contributed by atoms with Crippen LogP contribution in [0.15, 0.2) is 89.9 Å². The normalized spacial score (nSPS) is 18.9. The van der Waals surface area contributed by atoms with Crippen LogP contribution in [-0.4, -0.2) is 18.1 Å². The minimum Gasteiger partial charge on any atom is -0.365 e. The molecule has 26 heavy (non-hydrogen) atoms. The summed E-state index contributed by atoms with van der Waals surface area (Å²) in [6.45, 7) is 2.06. The van der Waals surface area contributed by atoms with Gasteiger partial charge in [-0.1, -0.05) is 66.7 Å². The molecular weight excluding hydrogens is 322 g/mol. The second-order valence-corrected chi connectivity index (χ2v) is 6.31. The summed E-state index contributed by atoms with van der Waals surface area (Å²) in [4.78, 5) is 13.0. The minimum absolute atomic E-state index is 0.0821. The van der Waals surface area contributed by atoms with Gasteiger partial charge in [0.05, 0.1) is 5.69 Å². The van der Waals surface area contributed by atoms with Crippen LogP contribution in [0.4, 0.5) is 11.4 Å². The molecule has 0 aliphatic carbocycles. The second kappa shape index (κ2) is 7.02. The molecule has 1 aliphatic rings. The number of rotatable bonds is 3. The molecule has 3 aromatic rings. The predicted molar refractivity (Wildman–Crippen MR) is 105 cm³/mol. The van der Waals surface area contributed by atoms with Gasteiger partial charge in [-0.25, -0.2) is 0 Å². The molecule has 4 rings (SSSR count). The van der Waals surface area contributed by atoms with E-state index in [1.165, 1.54) is 0 Å². The minimum atomic E-state index is -0.0821. The predicted octanol–water partition coefficient (Wildman–Crippen LogP) is 5.06. The number of hydrogen-bond donors (Lipinski definition) is 0. The first-order chi connectivity index (χ1) is 12.7. The van der Waals surface area contributed by atoms with E-state index in [1.54, 1.807) is 0 Å². The molecule has 4 nitrogen and oxygen atoms in total. The first-order valence-corrected chi connectivity index (χ1v) is 8.68. The number of nitrogens with zero attached hydrogens (tertiary/aromatic N) is 3. The lowest BCUT2D eigenvalue weighted by molar-refractivity contribution is -0.0493. The van der Waals surface area contributed by atoms with Crippen molar-refractivity contribution < 1.29 is 4.84 Å². The number of hydroxylamine groups is 2. The van der Waals surface area contributed by atoms with Gasteiger partial charge in [0.2, 0.25) is 0 Å². The second-order valence-electron chi connectivity index (χ2n) is 6.31. The van der Waals surface area contributed by atoms with Gasteiger partial charge in [-0.05, 0) is 36.2 Å². The van der Waals surface area contributed by atoms with Gasteiger partial charge in [-0.3, -0.25) is 4.90 Å². The van der Waals surface area contributed by atoms with Crippen molar-refractivity contribution >= 4 is 17.4 Å². The third-order valence-electron chi connectivity index (χ3n) is 4.48. The van der Waals surface area contributed by atoms with Gasteiger partial charge < -0.3 is 4.84 Å². The Morgan fingerprint density at radius 3 is 2.12 bits per heavy atom. The summed E-state index contributed by atoms with van der Waals surface area (Å²) in [7, 11) is 1.94. The number of amidine groups is 1. The topological polar surface area (TPSA) is 28.1 Å². The zero-order valence-corrected chi connectivity index (χ0v) is 14.9. The van der Waals surface area contributed by atoms with Crippen LogP contribution in [0.2, 0.25) is 0 Å². The average Bonchev–Trinajstić information content (AvgIpc) is 3.01. The summed E-state index contributed by atoms with van der Waals surface area (Å²) >= 11 is 0. The first kappa shape index (κ1) is 16.4. The van der Waals surface area contributed by atoms with E-state index in [9.17, 15) is 0 Å². The lowest BCUT2D eigenvalue weighted by atomic mass is 10.1. The molecule has 1 fully saturated rings. The standard InChI is InChI=1S/C22H21N3O/c1-17-11-9-10-16-20(17)23-22-25(19-14-7-4-8-15-19)21(24(2)26-22)18-12-5-3-6-13-18/h3-16,21H,1-2H3. The Morgan fingerprint density at radius 2 is 1.42 bits per heavy atom. The Morgan fingerprint density at radius 1 is 0.808 bits per heavy atom. The molecule has 0 spiro atoms. The van der Waals surface area contributed by atoms with Crippen molar-refractivity contribution in [3.05, 3.63) is 96.1 Å². The molecule has 0 aromatic heterocycles. The number of aryl methyl sites for hydroxylation is 1. The van der Waals surface area contributed by atoms with Crippen LogP contribution in [0.3, 0.4) is 0 Å². The lowest BCUT2D eigenvalue weighted by Crippen LogP contribution is -2.30. The van der Waals surface area contributed by atoms with Crippen LogP contribution < -0.4 is 4.90 Å². The summed E-state index contributed by atoms with van der Waals surface area (Å²) in [6.07, 6.45) is -0.0821. The maximum absolute atomic E-state index is 6.06. The van der Waals surface area contributed by atoms with Crippen LogP contribution >= 0.6 is 0 Å². The van der Waals surface area contributed by atoms with E-state index < -0.39 is 0 Å². The quantitative estimate of drug-likeness (QED) is 0.665. The van der Waals surface area contributed by atoms with Gasteiger partial charge in [-0.2, -0.15) is 4.99 Å². The molecule has 0 radical (unpaired) electrons. The summed E-state index contributed by atoms with van der Waals surface area (Å²) < 4.78 is 0. The SMILES string of the molecule is Cc1ccccc1N=C1ON(C)C(c2ccccc2)N1c1ccccc1. The first-order valence-electron chi connectivity index (χ1n) is 8.68. The maximum atomic E-state index is 6.06. The molecule has 1 unspecified atom stereocenters. The molecule has 0 amide bonds. The number of hydrogen-bond acceptors (Lipinski definition) is 3. The highest BCUT2D eigenvalue weighted by molar-refractivity contribution is 5.95. The van der Waals surface area contributed by atoms with Crippen molar-refractivity contribution in [2.24, 2.45) is 4.99 Å². The highest BCUT2D eigenvalue weighted by Gasteiger charge is 2.38. The molecule has 0 bridgehead atoms. The Bertz CT molecular complexity index is 909. The largest absolute Gasteiger partial charge is 0.365 e. The van der Waals surface area contributed by atoms with Crippen molar-refractivity contribution in [2.75, 3.05) is 11.9 Å². The average molecular weight is 343 g/mol. The lowest BCUT2D eigenvalue weighted by Gasteiger charge is -2.25. The zero-order valence-electron chi connectivity index (χ0n) is 14.9. The van der Waals surface area contributed by atoms with E-state index in [1.807, 2.05) is 66.7 Å². The summed E-state index contributed by atoms with van der Waals surface area (Å²) in [5.74, 6) is 0. The van der Waals surface area contributed by atoms with Gasteiger partial charge in [-0.15, -0.1) is 5.06 Å². The van der Waals surface area contributed by atoms with E-state index in [4.69, 9.17) is 9.83 Å². The van der Waals surface area contributed by atoms with Crippen molar-refractivity contribution in [3.63, 3.8) is 0 Å². The Labute approximate surface area is 153 Å². The molecular formula is C22H21N3O. The molecule has 1 saturated heterocycles. The van der Waals surface area contributed by atoms with E-state index >= 15 is 0 Å². The monoisotopic (exact) mass is 343 g/mol. The van der Waals surface area contributed by atoms with Crippen molar-refractivity contribution in [1.29, 1.82) is 0 Å². The van der Waals surface area contributed by atoms with E-state index in [-0.39, 0.29) is 6.17 Å². The number of benzene rings is 3. The number of anilines is 1. The fourth-order valence-corrected chi connectivity index (χ4v) is 3.18. The van der Waals surface area contributed by atoms with Crippen molar-refractivity contribution in [2.45, 2.75) is 13.1 Å². The smallest absolute Gasteiger partial charge is 0.319 e. The van der Waals surface area contributed by atoms with Crippen LogP contribution in [0, 0.1) is 6.92 Å². The van der Waals surface area contributed by atoms with E-state index in [0.29, 0.717) is 6.02 Å². The van der Waals surface area contributed by atoms with Gasteiger partial charge in [0.1, 0.15) is 0 Å². The molecule has 0 saturated carbocycles. The van der Waals surface area contributed by atoms with Crippen LogP contribution in [-0.2, 0) is 4.84 Å². The third kappa shape index (κ3) is 3.07. The van der Waals surface area contributed by atoms with E-state index in [2.05, 4.69) is 42.2 Å². The molecule has 0 N–H and O–H groups in total. The zero-order chi connectivity index (χ0) is 17.9. The molecule has 1 atom stereocenters. The van der Waals surface area contributed by atoms with Crippen molar-refractivity contribution in [3.8, 4) is 0 Å². The molecule has 1 aliphatic heterocycles. The van der Waals surface area contributed by atoms with Gasteiger partial charge >= 0.3 is 6.02 Å². The Balaban J connectivity index is 1.83. The van der Waals surface area contributed by atoms with Gasteiger partial charge in [0, 0.05) is 12.7 Å². The number of para-hydroxylation sites is 2. The highest BCUT2D eigenvalue weighted by atomic mass is 16.7. The fraction of sp³-hybridized carbons (Fsp3) is 0.136. The summed E-state index contributed by atoms with van der Waals surface area (Å²) in [5.41, 5.74) is 4.21. The van der Waals surface area contributed by atoms with E-state index in [0.717, 1.165) is 22.5 Å². The van der Waals surface area contributed by atoms with Crippen LogP contribution in [0.5, 0.6) is 0 Å². The van der Waals surface area contributed by atoms with Gasteiger partial charge in [0.25, 0.3) is 0 Å². The third-order valence-corrected chi connectivity index (χ3v) is 4.48. The summed E-state index contributed by atoms with van der Waals surface area (Å²) in [6, 6.07) is 29.2. The number of aliphatic imine (C=N–C) groups is 1. The van der Waals surface area contributed by atoms with Crippen LogP contribution in [0.1, 0.15) is 17.3 Å². The molecule has 130 valence electrons. The van der Waals surface area contributed by atoms with Crippen LogP contribution in [0.25, 0.3) is 0 Å². The molecule has 4 heteroatoms. The Kier molecular flexibility index (Phi) is 4.42. The Hall–Kier alpha value is -3.11. The molecule has 1 heterocycles. The molecule has 3 aromatic carbocycles. The van der Waals surface area contributed by atoms with Gasteiger partial charge in [0.15, 0.2) is 6.17 Å². The maximum Gasteiger partial charge on any atom is 0.319 e.